The molecule has 17 heavy (non-hydrogen) atoms. The number of unbranched alkanes of at least 4 members (excludes halogenated alkanes) is 3. The van der Waals surface area contributed by atoms with Gasteiger partial charge < -0.3 is 0 Å². The fourth-order valence-electron chi connectivity index (χ4n) is 2.24. The van der Waals surface area contributed by atoms with Crippen LogP contribution in [0.3, 0.4) is 0 Å². The van der Waals surface area contributed by atoms with Gasteiger partial charge in [-0.25, -0.2) is 4.98 Å². The molecule has 0 saturated carbocycles. The molecule has 0 N–H and O–H groups in total. The van der Waals surface area contributed by atoms with Crippen molar-refractivity contribution < 1.29 is 0 Å². The first-order valence-corrected chi connectivity index (χ1v) is 7.66. The molecule has 2 radical (unpaired) electrons. The van der Waals surface area contributed by atoms with E-state index in [9.17, 15) is 0 Å². The number of thiazole rings is 1. The number of rotatable bonds is 8. The molecule has 0 aliphatic carbocycles. The van der Waals surface area contributed by atoms with Crippen LogP contribution in [0.15, 0.2) is 6.20 Å². The molecule has 0 aliphatic heterocycles. The Morgan fingerprint density at radius 3 is 2.47 bits per heavy atom. The van der Waals surface area contributed by atoms with Gasteiger partial charge >= 0.3 is 0 Å². The first-order valence-electron chi connectivity index (χ1n) is 6.84. The lowest BCUT2D eigenvalue weighted by Crippen LogP contribution is -2.26. The maximum Gasteiger partial charge on any atom is 0.0901 e. The summed E-state index contributed by atoms with van der Waals surface area (Å²) in [6.07, 6.45) is 10.3. The van der Waals surface area contributed by atoms with E-state index in [1.165, 1.54) is 30.6 Å². The molecule has 0 bridgehead atoms. The largest absolute Gasteiger partial charge is 0.250 e. The zero-order valence-corrected chi connectivity index (χ0v) is 12.3. The average Bonchev–Trinajstić information content (AvgIpc) is 2.72. The van der Waals surface area contributed by atoms with Gasteiger partial charge in [-0.2, -0.15) is 0 Å². The standard InChI is InChI=1S/C14H24BNS/c1-4-6-7-8-10-14(15,9-5-2)13-16-11-12(3)17-13/h11H,4-10H2,1-3H3. The highest BCUT2D eigenvalue weighted by atomic mass is 32.1. The van der Waals surface area contributed by atoms with E-state index in [4.69, 9.17) is 7.85 Å². The molecule has 1 heterocycles. The number of hydrogen-bond acceptors (Lipinski definition) is 2. The van der Waals surface area contributed by atoms with Crippen LogP contribution in [0.25, 0.3) is 0 Å². The molecule has 0 spiro atoms. The van der Waals surface area contributed by atoms with Crippen molar-refractivity contribution in [1.29, 1.82) is 0 Å². The first kappa shape index (κ1) is 14.8. The normalized spacial score (nSPS) is 14.8. The third-order valence-electron chi connectivity index (χ3n) is 3.22. The molecular formula is C14H24BNS. The van der Waals surface area contributed by atoms with Crippen molar-refractivity contribution in [3.63, 3.8) is 0 Å². The fourth-order valence-corrected chi connectivity index (χ4v) is 3.16. The summed E-state index contributed by atoms with van der Waals surface area (Å²) in [4.78, 5) is 5.76. The van der Waals surface area contributed by atoms with Gasteiger partial charge in [0.15, 0.2) is 0 Å². The highest BCUT2D eigenvalue weighted by Gasteiger charge is 2.27. The fraction of sp³-hybridized carbons (Fsp3) is 0.786. The third kappa shape index (κ3) is 4.46. The number of aryl methyl sites for hydroxylation is 1. The molecule has 1 nitrogen and oxygen atoms in total. The van der Waals surface area contributed by atoms with Crippen molar-refractivity contribution in [2.45, 2.75) is 71.0 Å². The van der Waals surface area contributed by atoms with E-state index in [1.54, 1.807) is 11.3 Å². The summed E-state index contributed by atoms with van der Waals surface area (Å²) in [6.45, 7) is 6.55. The van der Waals surface area contributed by atoms with Crippen LogP contribution in [0.2, 0.25) is 0 Å². The minimum absolute atomic E-state index is 0.179. The van der Waals surface area contributed by atoms with E-state index in [-0.39, 0.29) is 5.31 Å². The maximum absolute atomic E-state index is 6.57. The van der Waals surface area contributed by atoms with Gasteiger partial charge in [-0.05, 0) is 25.1 Å². The van der Waals surface area contributed by atoms with Gasteiger partial charge in [0.2, 0.25) is 0 Å². The quantitative estimate of drug-likeness (QED) is 0.485. The van der Waals surface area contributed by atoms with E-state index >= 15 is 0 Å². The molecule has 0 aliphatic rings. The molecule has 1 atom stereocenters. The zero-order chi connectivity index (χ0) is 12.7. The van der Waals surface area contributed by atoms with Gasteiger partial charge in [0.1, 0.15) is 0 Å². The number of nitrogens with zero attached hydrogens (tertiary/aromatic N) is 1. The lowest BCUT2D eigenvalue weighted by molar-refractivity contribution is 0.468. The lowest BCUT2D eigenvalue weighted by atomic mass is 9.63. The predicted molar refractivity (Wildman–Crippen MR) is 78.0 cm³/mol. The summed E-state index contributed by atoms with van der Waals surface area (Å²) in [6, 6.07) is 0. The second-order valence-corrected chi connectivity index (χ2v) is 6.23. The van der Waals surface area contributed by atoms with E-state index in [1.807, 2.05) is 6.20 Å². The van der Waals surface area contributed by atoms with Crippen LogP contribution in [-0.2, 0) is 5.31 Å². The molecule has 0 aromatic carbocycles. The average molecular weight is 249 g/mol. The van der Waals surface area contributed by atoms with Crippen molar-refractivity contribution in [1.82, 2.24) is 4.98 Å². The SMILES string of the molecule is [B]C(CCC)(CCCCCC)c1ncc(C)s1. The Balaban J connectivity index is 2.61. The Hall–Kier alpha value is -0.305. The molecule has 0 saturated heterocycles. The van der Waals surface area contributed by atoms with Gasteiger partial charge in [-0.3, -0.25) is 0 Å². The lowest BCUT2D eigenvalue weighted by Gasteiger charge is -2.27. The molecule has 1 unspecified atom stereocenters. The summed E-state index contributed by atoms with van der Waals surface area (Å²) in [7, 11) is 6.57. The topological polar surface area (TPSA) is 12.9 Å². The van der Waals surface area contributed by atoms with Gasteiger partial charge in [-0.15, -0.1) is 11.3 Å². The summed E-state index contributed by atoms with van der Waals surface area (Å²) < 4.78 is 0. The highest BCUT2D eigenvalue weighted by Crippen LogP contribution is 2.34. The molecule has 1 rings (SSSR count). The van der Waals surface area contributed by atoms with E-state index in [0.717, 1.165) is 24.3 Å². The van der Waals surface area contributed by atoms with Crippen LogP contribution in [-0.4, -0.2) is 12.8 Å². The second kappa shape index (κ2) is 7.20. The van der Waals surface area contributed by atoms with Crippen LogP contribution in [0.5, 0.6) is 0 Å². The number of hydrogen-bond donors (Lipinski definition) is 0. The molecule has 0 fully saturated rings. The summed E-state index contributed by atoms with van der Waals surface area (Å²) in [5, 5.41) is 0.954. The Bertz CT molecular complexity index is 324. The monoisotopic (exact) mass is 249 g/mol. The van der Waals surface area contributed by atoms with Crippen LogP contribution in [0, 0.1) is 6.92 Å². The minimum Gasteiger partial charge on any atom is -0.250 e. The van der Waals surface area contributed by atoms with Gasteiger partial charge in [0.05, 0.1) is 12.9 Å². The number of aromatic nitrogens is 1. The van der Waals surface area contributed by atoms with Crippen LogP contribution in [0.1, 0.15) is 68.7 Å². The van der Waals surface area contributed by atoms with Crippen LogP contribution in [0.4, 0.5) is 0 Å². The van der Waals surface area contributed by atoms with Gasteiger partial charge in [0, 0.05) is 11.1 Å². The Labute approximate surface area is 111 Å². The van der Waals surface area contributed by atoms with Crippen molar-refractivity contribution >= 4 is 19.2 Å². The maximum atomic E-state index is 6.57. The van der Waals surface area contributed by atoms with Gasteiger partial charge in [0.25, 0.3) is 0 Å². The molecule has 3 heteroatoms. The Morgan fingerprint density at radius 1 is 1.18 bits per heavy atom. The van der Waals surface area contributed by atoms with E-state index < -0.39 is 0 Å². The molecule has 1 aromatic heterocycles. The molecule has 94 valence electrons. The predicted octanol–water partition coefficient (Wildman–Crippen LogP) is 4.59. The first-order chi connectivity index (χ1) is 8.12. The van der Waals surface area contributed by atoms with E-state index in [2.05, 4.69) is 25.8 Å². The second-order valence-electron chi connectivity index (χ2n) is 4.99. The van der Waals surface area contributed by atoms with Crippen LogP contribution < -0.4 is 0 Å². The highest BCUT2D eigenvalue weighted by molar-refractivity contribution is 7.11. The zero-order valence-electron chi connectivity index (χ0n) is 11.5. The van der Waals surface area contributed by atoms with Crippen molar-refractivity contribution in [3.8, 4) is 0 Å². The van der Waals surface area contributed by atoms with Crippen molar-refractivity contribution in [2.75, 3.05) is 0 Å². The van der Waals surface area contributed by atoms with E-state index in [0.29, 0.717) is 0 Å². The van der Waals surface area contributed by atoms with Crippen molar-refractivity contribution in [3.05, 3.63) is 16.1 Å². The summed E-state index contributed by atoms with van der Waals surface area (Å²) >= 11 is 1.76. The van der Waals surface area contributed by atoms with Crippen LogP contribution >= 0.6 is 11.3 Å². The summed E-state index contributed by atoms with van der Waals surface area (Å²) in [5.41, 5.74) is 0. The third-order valence-corrected chi connectivity index (χ3v) is 4.35. The molecular weight excluding hydrogens is 225 g/mol. The molecule has 0 amide bonds. The Morgan fingerprint density at radius 2 is 1.94 bits per heavy atom. The van der Waals surface area contributed by atoms with Crippen molar-refractivity contribution in [2.24, 2.45) is 0 Å². The minimum atomic E-state index is -0.179. The molecule has 1 aromatic rings. The summed E-state index contributed by atoms with van der Waals surface area (Å²) in [5.74, 6) is 0. The smallest absolute Gasteiger partial charge is 0.0901 e. The van der Waals surface area contributed by atoms with Gasteiger partial charge in [-0.1, -0.05) is 46.0 Å². The Kier molecular flexibility index (Phi) is 6.25.